The normalized spacial score (nSPS) is 10.5. The highest BCUT2D eigenvalue weighted by Gasteiger charge is 2.10. The van der Waals surface area contributed by atoms with E-state index in [0.29, 0.717) is 0 Å². The number of terminal acetylenes is 1. The zero-order valence-electron chi connectivity index (χ0n) is 7.78. The Kier molecular flexibility index (Phi) is 4.30. The summed E-state index contributed by atoms with van der Waals surface area (Å²) in [6.45, 7) is -0.0101. The number of hydrogen-bond acceptors (Lipinski definition) is 2. The fourth-order valence-electron chi connectivity index (χ4n) is 0.940. The minimum absolute atomic E-state index is 0.0101. The van der Waals surface area contributed by atoms with Crippen molar-refractivity contribution in [3.05, 3.63) is 35.4 Å². The van der Waals surface area contributed by atoms with Crippen molar-refractivity contribution in [1.82, 2.24) is 0 Å². The number of halogens is 2. The van der Waals surface area contributed by atoms with Crippen molar-refractivity contribution >= 4 is 6.21 Å². The summed E-state index contributed by atoms with van der Waals surface area (Å²) in [6.07, 6.45) is 4.70. The Bertz CT molecular complexity index is 382. The van der Waals surface area contributed by atoms with Crippen LogP contribution in [0.15, 0.2) is 29.4 Å². The van der Waals surface area contributed by atoms with Gasteiger partial charge in [0, 0.05) is 11.1 Å². The lowest BCUT2D eigenvalue weighted by molar-refractivity contribution is 0.151. The highest BCUT2D eigenvalue weighted by atomic mass is 19.3. The molecule has 2 nitrogen and oxygen atoms in total. The van der Waals surface area contributed by atoms with E-state index in [1.165, 1.54) is 18.2 Å². The van der Waals surface area contributed by atoms with Crippen LogP contribution in [-0.4, -0.2) is 12.8 Å². The summed E-state index contributed by atoms with van der Waals surface area (Å²) in [4.78, 5) is 4.55. The molecule has 0 spiro atoms. The summed E-state index contributed by atoms with van der Waals surface area (Å²) in [6, 6.07) is 5.92. The molecule has 0 saturated heterocycles. The molecule has 77 valence electrons. The number of hydrogen-bond donors (Lipinski definition) is 0. The second-order valence-electron chi connectivity index (χ2n) is 2.57. The molecule has 0 heterocycles. The minimum atomic E-state index is -2.56. The van der Waals surface area contributed by atoms with E-state index in [9.17, 15) is 8.78 Å². The second-order valence-corrected chi connectivity index (χ2v) is 2.57. The SMILES string of the molecule is C#CCON=[C]c1ccccc1C(F)F. The molecule has 0 amide bonds. The Hall–Kier alpha value is -1.89. The molecule has 0 aliphatic rings. The van der Waals surface area contributed by atoms with E-state index >= 15 is 0 Å². The topological polar surface area (TPSA) is 21.6 Å². The first kappa shape index (κ1) is 11.2. The average molecular weight is 208 g/mol. The van der Waals surface area contributed by atoms with Crippen LogP contribution in [0, 0.1) is 12.3 Å². The maximum absolute atomic E-state index is 12.4. The van der Waals surface area contributed by atoms with Gasteiger partial charge in [-0.15, -0.1) is 6.42 Å². The van der Waals surface area contributed by atoms with Gasteiger partial charge in [0.15, 0.2) is 6.61 Å². The van der Waals surface area contributed by atoms with Gasteiger partial charge in [-0.3, -0.25) is 0 Å². The van der Waals surface area contributed by atoms with Crippen molar-refractivity contribution in [2.45, 2.75) is 6.43 Å². The molecule has 0 N–H and O–H groups in total. The molecule has 1 rings (SSSR count). The van der Waals surface area contributed by atoms with Gasteiger partial charge in [-0.1, -0.05) is 35.3 Å². The first-order chi connectivity index (χ1) is 7.25. The molecule has 0 aromatic heterocycles. The zero-order chi connectivity index (χ0) is 11.1. The zero-order valence-corrected chi connectivity index (χ0v) is 7.78. The summed E-state index contributed by atoms with van der Waals surface area (Å²) in [7, 11) is 0. The fraction of sp³-hybridized carbons (Fsp3) is 0.182. The van der Waals surface area contributed by atoms with Gasteiger partial charge in [-0.05, 0) is 0 Å². The predicted octanol–water partition coefficient (Wildman–Crippen LogP) is 2.48. The van der Waals surface area contributed by atoms with Crippen molar-refractivity contribution in [3.8, 4) is 12.3 Å². The minimum Gasteiger partial charge on any atom is -0.382 e. The van der Waals surface area contributed by atoms with E-state index in [1.807, 2.05) is 0 Å². The van der Waals surface area contributed by atoms with Gasteiger partial charge in [-0.2, -0.15) is 0 Å². The van der Waals surface area contributed by atoms with Crippen LogP contribution in [0.25, 0.3) is 0 Å². The molecule has 0 saturated carbocycles. The molecule has 0 fully saturated rings. The van der Waals surface area contributed by atoms with Crippen LogP contribution in [0.5, 0.6) is 0 Å². The quantitative estimate of drug-likeness (QED) is 0.322. The van der Waals surface area contributed by atoms with Gasteiger partial charge < -0.3 is 4.84 Å². The summed E-state index contributed by atoms with van der Waals surface area (Å²) in [5, 5.41) is 3.35. The van der Waals surface area contributed by atoms with Crippen LogP contribution in [-0.2, 0) is 4.84 Å². The van der Waals surface area contributed by atoms with Crippen molar-refractivity contribution in [3.63, 3.8) is 0 Å². The van der Waals surface area contributed by atoms with Gasteiger partial charge in [0.05, 0.1) is 0 Å². The monoisotopic (exact) mass is 208 g/mol. The molecule has 4 heteroatoms. The fourth-order valence-corrected chi connectivity index (χ4v) is 0.940. The van der Waals surface area contributed by atoms with Crippen LogP contribution in [0.2, 0.25) is 0 Å². The Morgan fingerprint density at radius 1 is 1.40 bits per heavy atom. The maximum Gasteiger partial charge on any atom is 0.264 e. The largest absolute Gasteiger partial charge is 0.382 e. The molecular weight excluding hydrogens is 200 g/mol. The Balaban J connectivity index is 2.76. The van der Waals surface area contributed by atoms with Crippen LogP contribution in [0.1, 0.15) is 17.6 Å². The lowest BCUT2D eigenvalue weighted by Crippen LogP contribution is -1.93. The van der Waals surface area contributed by atoms with Crippen molar-refractivity contribution < 1.29 is 13.6 Å². The molecule has 1 aromatic carbocycles. The molecule has 0 bridgehead atoms. The van der Waals surface area contributed by atoms with Crippen molar-refractivity contribution in [2.75, 3.05) is 6.61 Å². The van der Waals surface area contributed by atoms with Crippen LogP contribution in [0.4, 0.5) is 8.78 Å². The first-order valence-electron chi connectivity index (χ1n) is 4.14. The molecular formula is C11H8F2NO. The molecule has 0 aliphatic heterocycles. The number of nitrogens with zero attached hydrogens (tertiary/aromatic N) is 1. The summed E-state index contributed by atoms with van der Waals surface area (Å²) >= 11 is 0. The van der Waals surface area contributed by atoms with E-state index in [1.54, 1.807) is 6.07 Å². The van der Waals surface area contributed by atoms with Crippen LogP contribution < -0.4 is 0 Å². The molecule has 0 unspecified atom stereocenters. The van der Waals surface area contributed by atoms with Crippen molar-refractivity contribution in [2.24, 2.45) is 5.16 Å². The van der Waals surface area contributed by atoms with E-state index in [4.69, 9.17) is 6.42 Å². The average Bonchev–Trinajstić information content (AvgIpc) is 2.25. The molecule has 1 radical (unpaired) electrons. The van der Waals surface area contributed by atoms with Gasteiger partial charge in [0.1, 0.15) is 6.21 Å². The van der Waals surface area contributed by atoms with Gasteiger partial charge in [0.2, 0.25) is 0 Å². The lowest BCUT2D eigenvalue weighted by atomic mass is 10.1. The number of rotatable bonds is 4. The highest BCUT2D eigenvalue weighted by molar-refractivity contribution is 5.81. The van der Waals surface area contributed by atoms with Gasteiger partial charge in [-0.25, -0.2) is 8.78 Å². The van der Waals surface area contributed by atoms with E-state index in [2.05, 4.69) is 22.1 Å². The third kappa shape index (κ3) is 3.39. The highest BCUT2D eigenvalue weighted by Crippen LogP contribution is 2.21. The summed E-state index contributed by atoms with van der Waals surface area (Å²) in [5.74, 6) is 2.19. The number of alkyl halides is 2. The Labute approximate surface area is 86.5 Å². The Morgan fingerprint density at radius 2 is 2.13 bits per heavy atom. The molecule has 0 aliphatic carbocycles. The third-order valence-corrected chi connectivity index (χ3v) is 1.57. The standard InChI is InChI=1S/C11H8F2NO/c1-2-7-15-14-8-9-5-3-4-6-10(9)11(12)13/h1,3-6,11H,7H2. The predicted molar refractivity (Wildman–Crippen MR) is 52.7 cm³/mol. The second kappa shape index (κ2) is 5.76. The summed E-state index contributed by atoms with van der Waals surface area (Å²) in [5.41, 5.74) is 0.0649. The van der Waals surface area contributed by atoms with Crippen molar-refractivity contribution in [1.29, 1.82) is 0 Å². The maximum atomic E-state index is 12.4. The molecule has 15 heavy (non-hydrogen) atoms. The van der Waals surface area contributed by atoms with Crippen LogP contribution >= 0.6 is 0 Å². The third-order valence-electron chi connectivity index (χ3n) is 1.57. The Morgan fingerprint density at radius 3 is 2.80 bits per heavy atom. The summed E-state index contributed by atoms with van der Waals surface area (Å²) < 4.78 is 24.9. The van der Waals surface area contributed by atoms with E-state index in [0.717, 1.165) is 0 Å². The smallest absolute Gasteiger partial charge is 0.264 e. The lowest BCUT2D eigenvalue weighted by Gasteiger charge is -2.02. The van der Waals surface area contributed by atoms with E-state index < -0.39 is 6.43 Å². The molecule has 0 atom stereocenters. The first-order valence-corrected chi connectivity index (χ1v) is 4.14. The van der Waals surface area contributed by atoms with Gasteiger partial charge >= 0.3 is 0 Å². The van der Waals surface area contributed by atoms with Crippen LogP contribution in [0.3, 0.4) is 0 Å². The van der Waals surface area contributed by atoms with E-state index in [-0.39, 0.29) is 17.7 Å². The molecule has 1 aromatic rings. The van der Waals surface area contributed by atoms with Gasteiger partial charge in [0.25, 0.3) is 6.43 Å². The number of benzene rings is 1.